The largest absolute Gasteiger partial charge is 0.359 e. The fourth-order valence-electron chi connectivity index (χ4n) is 1.93. The van der Waals surface area contributed by atoms with Gasteiger partial charge >= 0.3 is 0 Å². The van der Waals surface area contributed by atoms with Crippen LogP contribution in [-0.2, 0) is 0 Å². The molecule has 3 rings (SSSR count). The molecule has 114 valence electrons. The normalized spacial score (nSPS) is 11.3. The summed E-state index contributed by atoms with van der Waals surface area (Å²) in [5, 5.41) is 19.7. The Labute approximate surface area is 141 Å². The molecule has 0 radical (unpaired) electrons. The van der Waals surface area contributed by atoms with Crippen LogP contribution in [0, 0.1) is 18.3 Å². The number of nitriles is 1. The lowest BCUT2D eigenvalue weighted by molar-refractivity contribution is 0.880. The third-order valence-corrected chi connectivity index (χ3v) is 4.19. The molecule has 6 nitrogen and oxygen atoms in total. The monoisotopic (exact) mass is 342 g/mol. The molecular weight excluding hydrogens is 332 g/mol. The topological polar surface area (TPSA) is 79.4 Å². The second-order valence-electron chi connectivity index (χ2n) is 4.61. The van der Waals surface area contributed by atoms with E-state index in [4.69, 9.17) is 11.6 Å². The zero-order valence-electron chi connectivity index (χ0n) is 12.1. The van der Waals surface area contributed by atoms with Gasteiger partial charge in [-0.1, -0.05) is 11.6 Å². The highest BCUT2D eigenvalue weighted by Crippen LogP contribution is 2.25. The predicted octanol–water partition coefficient (Wildman–Crippen LogP) is 3.66. The van der Waals surface area contributed by atoms with Crippen LogP contribution in [0.4, 0.5) is 5.69 Å². The third-order valence-electron chi connectivity index (χ3n) is 2.97. The maximum Gasteiger partial charge on any atom is 0.138 e. The Balaban J connectivity index is 1.95. The summed E-state index contributed by atoms with van der Waals surface area (Å²) in [6, 6.07) is 7.50. The van der Waals surface area contributed by atoms with E-state index in [0.29, 0.717) is 21.3 Å². The summed E-state index contributed by atoms with van der Waals surface area (Å²) < 4.78 is 1.62. The average Bonchev–Trinajstić information content (AvgIpc) is 3.20. The van der Waals surface area contributed by atoms with Crippen molar-refractivity contribution in [2.24, 2.45) is 0 Å². The van der Waals surface area contributed by atoms with Crippen molar-refractivity contribution in [3.63, 3.8) is 0 Å². The molecule has 0 bridgehead atoms. The lowest BCUT2D eigenvalue weighted by Crippen LogP contribution is -2.01. The van der Waals surface area contributed by atoms with E-state index in [1.54, 1.807) is 29.3 Å². The van der Waals surface area contributed by atoms with Crippen molar-refractivity contribution < 1.29 is 0 Å². The van der Waals surface area contributed by atoms with Crippen molar-refractivity contribution in [1.82, 2.24) is 19.7 Å². The molecule has 0 aliphatic rings. The van der Waals surface area contributed by atoms with Crippen LogP contribution in [0.15, 0.2) is 42.4 Å². The van der Waals surface area contributed by atoms with E-state index in [-0.39, 0.29) is 0 Å². The molecule has 0 amide bonds. The molecule has 0 atom stereocenters. The summed E-state index contributed by atoms with van der Waals surface area (Å²) in [5.41, 5.74) is 2.82. The molecule has 23 heavy (non-hydrogen) atoms. The number of aromatic nitrogens is 4. The standard InChI is InChI=1S/C15H11ClN6S/c1-10-7-23-15(21-10)11(5-17)6-19-13-4-12(16)2-3-14(13)22-9-18-8-20-22/h2-4,6-9,19H,1H3/b11-6+. The maximum atomic E-state index is 9.33. The summed E-state index contributed by atoms with van der Waals surface area (Å²) in [6.07, 6.45) is 4.66. The van der Waals surface area contributed by atoms with Crippen molar-refractivity contribution in [2.75, 3.05) is 5.32 Å². The molecule has 0 saturated heterocycles. The zero-order chi connectivity index (χ0) is 16.2. The highest BCUT2D eigenvalue weighted by atomic mass is 35.5. The molecule has 0 fully saturated rings. The highest BCUT2D eigenvalue weighted by Gasteiger charge is 2.08. The molecule has 0 aliphatic heterocycles. The average molecular weight is 343 g/mol. The van der Waals surface area contributed by atoms with E-state index < -0.39 is 0 Å². The Morgan fingerprint density at radius 2 is 2.35 bits per heavy atom. The first-order valence-electron chi connectivity index (χ1n) is 6.61. The van der Waals surface area contributed by atoms with Gasteiger partial charge in [0.1, 0.15) is 29.3 Å². The fraction of sp³-hybridized carbons (Fsp3) is 0.0667. The summed E-state index contributed by atoms with van der Waals surface area (Å²) in [4.78, 5) is 8.26. The Kier molecular flexibility index (Phi) is 4.37. The number of anilines is 1. The molecule has 0 saturated carbocycles. The van der Waals surface area contributed by atoms with E-state index in [0.717, 1.165) is 11.4 Å². The fourth-order valence-corrected chi connectivity index (χ4v) is 2.86. The number of hydrogen-bond acceptors (Lipinski definition) is 6. The number of thiazole rings is 1. The van der Waals surface area contributed by atoms with Gasteiger partial charge in [0.05, 0.1) is 11.4 Å². The quantitative estimate of drug-likeness (QED) is 0.732. The van der Waals surface area contributed by atoms with Crippen LogP contribution in [0.1, 0.15) is 10.7 Å². The van der Waals surface area contributed by atoms with E-state index in [9.17, 15) is 5.26 Å². The van der Waals surface area contributed by atoms with Gasteiger partial charge in [-0.05, 0) is 25.1 Å². The van der Waals surface area contributed by atoms with Gasteiger partial charge in [0, 0.05) is 22.3 Å². The number of hydrogen-bond donors (Lipinski definition) is 1. The lowest BCUT2D eigenvalue weighted by Gasteiger charge is -2.09. The van der Waals surface area contributed by atoms with Crippen LogP contribution >= 0.6 is 22.9 Å². The second kappa shape index (κ2) is 6.60. The van der Waals surface area contributed by atoms with Crippen LogP contribution in [0.5, 0.6) is 0 Å². The number of halogens is 1. The van der Waals surface area contributed by atoms with Gasteiger partial charge in [-0.15, -0.1) is 11.3 Å². The molecule has 1 N–H and O–H groups in total. The summed E-state index contributed by atoms with van der Waals surface area (Å²) in [6.45, 7) is 1.89. The Morgan fingerprint density at radius 3 is 3.00 bits per heavy atom. The Morgan fingerprint density at radius 1 is 1.48 bits per heavy atom. The number of benzene rings is 1. The molecule has 2 aromatic heterocycles. The molecule has 8 heteroatoms. The van der Waals surface area contributed by atoms with Crippen molar-refractivity contribution in [1.29, 1.82) is 5.26 Å². The van der Waals surface area contributed by atoms with Crippen molar-refractivity contribution in [3.05, 3.63) is 58.2 Å². The first-order chi connectivity index (χ1) is 11.2. The first kappa shape index (κ1) is 15.2. The summed E-state index contributed by atoms with van der Waals surface area (Å²) >= 11 is 7.49. The molecule has 1 aromatic carbocycles. The van der Waals surface area contributed by atoms with Gasteiger partial charge in [-0.25, -0.2) is 14.6 Å². The van der Waals surface area contributed by atoms with Crippen LogP contribution in [0.25, 0.3) is 11.3 Å². The molecular formula is C15H11ClN6S. The van der Waals surface area contributed by atoms with E-state index in [1.807, 2.05) is 18.4 Å². The van der Waals surface area contributed by atoms with E-state index >= 15 is 0 Å². The van der Waals surface area contributed by atoms with E-state index in [2.05, 4.69) is 26.5 Å². The van der Waals surface area contributed by atoms with Crippen molar-refractivity contribution >= 4 is 34.2 Å². The van der Waals surface area contributed by atoms with Crippen molar-refractivity contribution in [3.8, 4) is 11.8 Å². The number of aryl methyl sites for hydroxylation is 1. The minimum Gasteiger partial charge on any atom is -0.359 e. The van der Waals surface area contributed by atoms with Gasteiger partial charge < -0.3 is 5.32 Å². The second-order valence-corrected chi connectivity index (χ2v) is 5.90. The van der Waals surface area contributed by atoms with Gasteiger partial charge in [0.2, 0.25) is 0 Å². The minimum absolute atomic E-state index is 0.451. The maximum absolute atomic E-state index is 9.33. The van der Waals surface area contributed by atoms with Gasteiger partial charge in [-0.2, -0.15) is 10.4 Å². The third kappa shape index (κ3) is 3.39. The van der Waals surface area contributed by atoms with Gasteiger partial charge in [0.25, 0.3) is 0 Å². The number of nitrogens with one attached hydrogen (secondary N) is 1. The predicted molar refractivity (Wildman–Crippen MR) is 90.4 cm³/mol. The molecule has 0 aliphatic carbocycles. The van der Waals surface area contributed by atoms with Crippen LogP contribution in [0.2, 0.25) is 5.02 Å². The Bertz CT molecular complexity index is 891. The van der Waals surface area contributed by atoms with E-state index in [1.165, 1.54) is 17.7 Å². The molecule has 2 heterocycles. The van der Waals surface area contributed by atoms with Crippen LogP contribution in [0.3, 0.4) is 0 Å². The van der Waals surface area contributed by atoms with Crippen LogP contribution in [-0.4, -0.2) is 19.7 Å². The minimum atomic E-state index is 0.451. The Hall–Kier alpha value is -2.69. The first-order valence-corrected chi connectivity index (χ1v) is 7.87. The zero-order valence-corrected chi connectivity index (χ0v) is 13.6. The summed E-state index contributed by atoms with van der Waals surface area (Å²) in [5.74, 6) is 0. The van der Waals surface area contributed by atoms with Gasteiger partial charge in [0.15, 0.2) is 0 Å². The van der Waals surface area contributed by atoms with Crippen LogP contribution < -0.4 is 5.32 Å². The number of rotatable bonds is 4. The molecule has 0 unspecified atom stereocenters. The van der Waals surface area contributed by atoms with Gasteiger partial charge in [-0.3, -0.25) is 0 Å². The smallest absolute Gasteiger partial charge is 0.138 e. The molecule has 3 aromatic rings. The summed E-state index contributed by atoms with van der Waals surface area (Å²) in [7, 11) is 0. The SMILES string of the molecule is Cc1csc(/C(C#N)=C/Nc2cc(Cl)ccc2-n2cncn2)n1. The number of allylic oxidation sites excluding steroid dienone is 1. The van der Waals surface area contributed by atoms with Crippen molar-refractivity contribution in [2.45, 2.75) is 6.92 Å². The lowest BCUT2D eigenvalue weighted by atomic mass is 10.2. The highest BCUT2D eigenvalue weighted by molar-refractivity contribution is 7.10. The number of nitrogens with zero attached hydrogens (tertiary/aromatic N) is 5. The molecule has 0 spiro atoms.